The molecule has 0 saturated heterocycles. The molecule has 0 aromatic heterocycles. The molecule has 1 N–H and O–H groups in total. The minimum Gasteiger partial charge on any atom is -0.392 e. The molecule has 108 valence electrons. The van der Waals surface area contributed by atoms with Gasteiger partial charge in [-0.25, -0.2) is 12.8 Å². The second-order valence-corrected chi connectivity index (χ2v) is 6.57. The maximum atomic E-state index is 13.3. The van der Waals surface area contributed by atoms with E-state index in [2.05, 4.69) is 0 Å². The predicted molar refractivity (Wildman–Crippen MR) is 71.6 cm³/mol. The third-order valence-electron chi connectivity index (χ3n) is 3.19. The van der Waals surface area contributed by atoms with Crippen LogP contribution in [0.15, 0.2) is 23.1 Å². The summed E-state index contributed by atoms with van der Waals surface area (Å²) in [4.78, 5) is 0.00315. The monoisotopic (exact) mass is 289 g/mol. The first kappa shape index (κ1) is 16.1. The Labute approximate surface area is 113 Å². The molecule has 0 aliphatic rings. The summed E-state index contributed by atoms with van der Waals surface area (Å²) in [6.45, 7) is 3.29. The van der Waals surface area contributed by atoms with E-state index in [9.17, 15) is 12.8 Å². The van der Waals surface area contributed by atoms with E-state index >= 15 is 0 Å². The van der Waals surface area contributed by atoms with Crippen molar-refractivity contribution in [1.29, 1.82) is 0 Å². The van der Waals surface area contributed by atoms with Crippen LogP contribution in [0.2, 0.25) is 0 Å². The lowest BCUT2D eigenvalue weighted by Gasteiger charge is -2.24. The Balaban J connectivity index is 3.13. The number of aliphatic hydroxyl groups excluding tert-OH is 1. The first-order valence-corrected chi connectivity index (χ1v) is 7.66. The van der Waals surface area contributed by atoms with Gasteiger partial charge in [0.2, 0.25) is 10.0 Å². The van der Waals surface area contributed by atoms with Crippen molar-refractivity contribution in [1.82, 2.24) is 4.31 Å². The Morgan fingerprint density at radius 1 is 1.42 bits per heavy atom. The summed E-state index contributed by atoms with van der Waals surface area (Å²) < 4.78 is 39.3. The average molecular weight is 289 g/mol. The van der Waals surface area contributed by atoms with Gasteiger partial charge < -0.3 is 5.11 Å². The Kier molecular flexibility index (Phi) is 5.46. The van der Waals surface area contributed by atoms with Gasteiger partial charge in [0.15, 0.2) is 0 Å². The third-order valence-corrected chi connectivity index (χ3v) is 5.16. The second kappa shape index (κ2) is 6.45. The molecule has 19 heavy (non-hydrogen) atoms. The summed E-state index contributed by atoms with van der Waals surface area (Å²) in [6.07, 6.45) is 1.64. The maximum Gasteiger partial charge on any atom is 0.243 e. The lowest BCUT2D eigenvalue weighted by molar-refractivity contribution is 0.275. The van der Waals surface area contributed by atoms with Crippen LogP contribution >= 0.6 is 0 Å². The van der Waals surface area contributed by atoms with Crippen molar-refractivity contribution in [3.63, 3.8) is 0 Å². The standard InChI is InChI=1S/C13H20FNO3S/c1-4-5-10(2)15(3)19(17,18)12-6-7-13(14)11(8-12)9-16/h6-8,10,16H,4-5,9H2,1-3H3. The van der Waals surface area contributed by atoms with Gasteiger partial charge in [-0.05, 0) is 31.5 Å². The number of nitrogens with zero attached hydrogens (tertiary/aromatic N) is 1. The number of halogens is 1. The van der Waals surface area contributed by atoms with Crippen LogP contribution in [0.3, 0.4) is 0 Å². The first-order valence-electron chi connectivity index (χ1n) is 6.21. The predicted octanol–water partition coefficient (Wildman–Crippen LogP) is 2.13. The van der Waals surface area contributed by atoms with Gasteiger partial charge in [-0.15, -0.1) is 0 Å². The van der Waals surface area contributed by atoms with Crippen LogP contribution in [0, 0.1) is 5.82 Å². The van der Waals surface area contributed by atoms with Gasteiger partial charge >= 0.3 is 0 Å². The van der Waals surface area contributed by atoms with E-state index in [1.807, 2.05) is 13.8 Å². The van der Waals surface area contributed by atoms with Gasteiger partial charge in [0.25, 0.3) is 0 Å². The molecule has 0 saturated carbocycles. The molecular formula is C13H20FNO3S. The fourth-order valence-electron chi connectivity index (χ4n) is 1.84. The zero-order chi connectivity index (χ0) is 14.6. The highest BCUT2D eigenvalue weighted by Gasteiger charge is 2.25. The van der Waals surface area contributed by atoms with Crippen molar-refractivity contribution in [2.45, 2.75) is 44.2 Å². The summed E-state index contributed by atoms with van der Waals surface area (Å²) in [6, 6.07) is 3.34. The topological polar surface area (TPSA) is 57.6 Å². The first-order chi connectivity index (χ1) is 8.84. The third kappa shape index (κ3) is 3.52. The fraction of sp³-hybridized carbons (Fsp3) is 0.538. The van der Waals surface area contributed by atoms with Crippen LogP contribution in [0.4, 0.5) is 4.39 Å². The fourth-order valence-corrected chi connectivity index (χ4v) is 3.28. The van der Waals surface area contributed by atoms with E-state index in [1.165, 1.54) is 23.5 Å². The molecule has 0 aliphatic carbocycles. The molecule has 1 aromatic rings. The molecule has 1 unspecified atom stereocenters. The van der Waals surface area contributed by atoms with Gasteiger partial charge in [-0.1, -0.05) is 13.3 Å². The van der Waals surface area contributed by atoms with E-state index < -0.39 is 22.4 Å². The molecule has 0 heterocycles. The number of sulfonamides is 1. The van der Waals surface area contributed by atoms with Crippen molar-refractivity contribution in [2.24, 2.45) is 0 Å². The highest BCUT2D eigenvalue weighted by molar-refractivity contribution is 7.89. The lowest BCUT2D eigenvalue weighted by Crippen LogP contribution is -2.35. The number of hydrogen-bond donors (Lipinski definition) is 1. The van der Waals surface area contributed by atoms with Crippen LogP contribution in [0.1, 0.15) is 32.3 Å². The van der Waals surface area contributed by atoms with Crippen molar-refractivity contribution < 1.29 is 17.9 Å². The maximum absolute atomic E-state index is 13.3. The van der Waals surface area contributed by atoms with Gasteiger partial charge in [0.1, 0.15) is 5.82 Å². The van der Waals surface area contributed by atoms with E-state index in [1.54, 1.807) is 0 Å². The van der Waals surface area contributed by atoms with Gasteiger partial charge in [0.05, 0.1) is 11.5 Å². The molecule has 0 radical (unpaired) electrons. The lowest BCUT2D eigenvalue weighted by atomic mass is 10.2. The smallest absolute Gasteiger partial charge is 0.243 e. The minimum atomic E-state index is -3.65. The number of rotatable bonds is 6. The molecule has 4 nitrogen and oxygen atoms in total. The minimum absolute atomic E-state index is 0.00315. The molecule has 1 atom stereocenters. The molecule has 6 heteroatoms. The van der Waals surface area contributed by atoms with Crippen molar-refractivity contribution in [3.8, 4) is 0 Å². The van der Waals surface area contributed by atoms with E-state index in [0.717, 1.165) is 18.9 Å². The molecular weight excluding hydrogens is 269 g/mol. The quantitative estimate of drug-likeness (QED) is 0.872. The van der Waals surface area contributed by atoms with Crippen molar-refractivity contribution in [2.75, 3.05) is 7.05 Å². The average Bonchev–Trinajstić information content (AvgIpc) is 2.38. The van der Waals surface area contributed by atoms with Gasteiger partial charge in [-0.2, -0.15) is 4.31 Å². The summed E-state index contributed by atoms with van der Waals surface area (Å²) in [7, 11) is -2.14. The molecule has 0 bridgehead atoms. The second-order valence-electron chi connectivity index (χ2n) is 4.57. The largest absolute Gasteiger partial charge is 0.392 e. The number of benzene rings is 1. The number of aliphatic hydroxyl groups is 1. The number of hydrogen-bond acceptors (Lipinski definition) is 3. The Morgan fingerprint density at radius 3 is 2.58 bits per heavy atom. The SMILES string of the molecule is CCCC(C)N(C)S(=O)(=O)c1ccc(F)c(CO)c1. The van der Waals surface area contributed by atoms with E-state index in [0.29, 0.717) is 0 Å². The highest BCUT2D eigenvalue weighted by atomic mass is 32.2. The van der Waals surface area contributed by atoms with Crippen LogP contribution in [0.5, 0.6) is 0 Å². The van der Waals surface area contributed by atoms with Crippen LogP contribution in [0.25, 0.3) is 0 Å². The molecule has 1 aromatic carbocycles. The van der Waals surface area contributed by atoms with Crippen LogP contribution < -0.4 is 0 Å². The van der Waals surface area contributed by atoms with Crippen molar-refractivity contribution in [3.05, 3.63) is 29.6 Å². The molecule has 1 rings (SSSR count). The Bertz CT molecular complexity index is 531. The molecule has 0 aliphatic heterocycles. The zero-order valence-corrected chi connectivity index (χ0v) is 12.2. The molecule has 0 fully saturated rings. The zero-order valence-electron chi connectivity index (χ0n) is 11.4. The molecule has 0 spiro atoms. The van der Waals surface area contributed by atoms with Crippen molar-refractivity contribution >= 4 is 10.0 Å². The van der Waals surface area contributed by atoms with Gasteiger partial charge in [-0.3, -0.25) is 0 Å². The van der Waals surface area contributed by atoms with E-state index in [-0.39, 0.29) is 16.5 Å². The summed E-state index contributed by atoms with van der Waals surface area (Å²) in [5, 5.41) is 8.99. The summed E-state index contributed by atoms with van der Waals surface area (Å²) in [5.41, 5.74) is -0.0161. The normalized spacial score (nSPS) is 13.8. The van der Waals surface area contributed by atoms with Gasteiger partial charge in [0, 0.05) is 18.7 Å². The van der Waals surface area contributed by atoms with Crippen LogP contribution in [-0.2, 0) is 16.6 Å². The molecule has 0 amide bonds. The highest BCUT2D eigenvalue weighted by Crippen LogP contribution is 2.21. The summed E-state index contributed by atoms with van der Waals surface area (Å²) in [5.74, 6) is -0.606. The Morgan fingerprint density at radius 2 is 2.05 bits per heavy atom. The van der Waals surface area contributed by atoms with Crippen LogP contribution in [-0.4, -0.2) is 30.9 Å². The Hall–Kier alpha value is -0.980. The summed E-state index contributed by atoms with van der Waals surface area (Å²) >= 11 is 0. The van der Waals surface area contributed by atoms with E-state index in [4.69, 9.17) is 5.11 Å².